The van der Waals surface area contributed by atoms with Gasteiger partial charge in [0.1, 0.15) is 0 Å². The Hall–Kier alpha value is -0.460. The van der Waals surface area contributed by atoms with E-state index in [1.807, 2.05) is 0 Å². The lowest BCUT2D eigenvalue weighted by Gasteiger charge is -1.98. The molecule has 8 heavy (non-hydrogen) atoms. The van der Waals surface area contributed by atoms with Gasteiger partial charge >= 0.3 is 0 Å². The van der Waals surface area contributed by atoms with Gasteiger partial charge in [0.2, 0.25) is 0 Å². The van der Waals surface area contributed by atoms with Gasteiger partial charge in [-0.15, -0.1) is 0 Å². The van der Waals surface area contributed by atoms with Gasteiger partial charge < -0.3 is 4.74 Å². The lowest BCUT2D eigenvalue weighted by atomic mass is 10.3. The summed E-state index contributed by atoms with van der Waals surface area (Å²) in [6.07, 6.45) is 1.27. The minimum absolute atomic E-state index is 0.667. The molecule has 0 aromatic heterocycles. The van der Waals surface area contributed by atoms with Crippen molar-refractivity contribution in [1.29, 1.82) is 0 Å². The summed E-state index contributed by atoms with van der Waals surface area (Å²) in [6.45, 7) is 5.98. The second kappa shape index (κ2) is 1.81. The number of rotatable bonds is 2. The molecule has 0 aromatic rings. The first kappa shape index (κ1) is 5.67. The number of ether oxygens (including phenoxy) is 1. The number of hydrogen-bond donors (Lipinski definition) is 0. The third-order valence-corrected chi connectivity index (χ3v) is 1.79. The van der Waals surface area contributed by atoms with Gasteiger partial charge in [0.05, 0.1) is 12.9 Å². The van der Waals surface area contributed by atoms with Crippen LogP contribution in [-0.4, -0.2) is 7.11 Å². The number of methoxy groups -OCH3 is 1. The van der Waals surface area contributed by atoms with Crippen molar-refractivity contribution in [3.05, 3.63) is 12.3 Å². The van der Waals surface area contributed by atoms with Crippen molar-refractivity contribution in [2.24, 2.45) is 11.8 Å². The molecule has 2 atom stereocenters. The number of allylic oxidation sites excluding steroid dienone is 1. The van der Waals surface area contributed by atoms with Gasteiger partial charge in [0.25, 0.3) is 0 Å². The molecule has 0 saturated heterocycles. The molecule has 1 aliphatic carbocycles. The van der Waals surface area contributed by atoms with Crippen molar-refractivity contribution in [3.63, 3.8) is 0 Å². The predicted molar refractivity (Wildman–Crippen MR) is 33.4 cm³/mol. The van der Waals surface area contributed by atoms with Gasteiger partial charge in [-0.25, -0.2) is 0 Å². The van der Waals surface area contributed by atoms with E-state index in [9.17, 15) is 0 Å². The van der Waals surface area contributed by atoms with E-state index in [1.54, 1.807) is 7.11 Å². The molecule has 0 heterocycles. The van der Waals surface area contributed by atoms with E-state index in [1.165, 1.54) is 6.42 Å². The molecule has 46 valence electrons. The molecule has 1 fully saturated rings. The molecule has 1 aliphatic rings. The van der Waals surface area contributed by atoms with Crippen LogP contribution in [0.4, 0.5) is 0 Å². The second-order valence-corrected chi connectivity index (χ2v) is 2.49. The maximum absolute atomic E-state index is 4.95. The van der Waals surface area contributed by atoms with E-state index in [4.69, 9.17) is 4.74 Å². The maximum atomic E-state index is 4.95. The first-order valence-corrected chi connectivity index (χ1v) is 2.98. The molecular formula is C7H12O. The summed E-state index contributed by atoms with van der Waals surface area (Å²) in [7, 11) is 1.69. The Kier molecular flexibility index (Phi) is 1.28. The summed E-state index contributed by atoms with van der Waals surface area (Å²) in [5.41, 5.74) is 0. The van der Waals surface area contributed by atoms with Crippen LogP contribution in [0.15, 0.2) is 12.3 Å². The largest absolute Gasteiger partial charge is 0.501 e. The highest BCUT2D eigenvalue weighted by Crippen LogP contribution is 2.42. The smallest absolute Gasteiger partial charge is 0.0917 e. The zero-order chi connectivity index (χ0) is 6.15. The zero-order valence-corrected chi connectivity index (χ0v) is 5.48. The summed E-state index contributed by atoms with van der Waals surface area (Å²) >= 11 is 0. The van der Waals surface area contributed by atoms with E-state index < -0.39 is 0 Å². The summed E-state index contributed by atoms with van der Waals surface area (Å²) in [6, 6.07) is 0. The normalized spacial score (nSPS) is 34.2. The van der Waals surface area contributed by atoms with Gasteiger partial charge in [0.15, 0.2) is 0 Å². The molecule has 0 aromatic carbocycles. The third kappa shape index (κ3) is 0.857. The average molecular weight is 112 g/mol. The van der Waals surface area contributed by atoms with Gasteiger partial charge in [0, 0.05) is 5.92 Å². The fourth-order valence-electron chi connectivity index (χ4n) is 0.922. The van der Waals surface area contributed by atoms with Crippen LogP contribution in [0, 0.1) is 11.8 Å². The fourth-order valence-corrected chi connectivity index (χ4v) is 0.922. The molecule has 0 radical (unpaired) electrons. The fraction of sp³-hybridized carbons (Fsp3) is 0.714. The Labute approximate surface area is 50.3 Å². The van der Waals surface area contributed by atoms with Crippen LogP contribution in [0.3, 0.4) is 0 Å². The molecule has 0 spiro atoms. The van der Waals surface area contributed by atoms with Gasteiger partial charge in [-0.3, -0.25) is 0 Å². The average Bonchev–Trinajstić information content (AvgIpc) is 2.45. The molecule has 0 aliphatic heterocycles. The van der Waals surface area contributed by atoms with Crippen LogP contribution in [0.2, 0.25) is 0 Å². The zero-order valence-electron chi connectivity index (χ0n) is 5.48. The van der Waals surface area contributed by atoms with Gasteiger partial charge in [-0.05, 0) is 12.3 Å². The quantitative estimate of drug-likeness (QED) is 0.495. The van der Waals surface area contributed by atoms with Crippen LogP contribution < -0.4 is 0 Å². The Bertz CT molecular complexity index is 107. The monoisotopic (exact) mass is 112 g/mol. The lowest BCUT2D eigenvalue weighted by Crippen LogP contribution is -1.86. The van der Waals surface area contributed by atoms with Crippen molar-refractivity contribution >= 4 is 0 Å². The Morgan fingerprint density at radius 3 is 2.38 bits per heavy atom. The molecular weight excluding hydrogens is 100 g/mol. The summed E-state index contributed by atoms with van der Waals surface area (Å²) < 4.78 is 4.95. The van der Waals surface area contributed by atoms with Gasteiger partial charge in [-0.1, -0.05) is 13.5 Å². The highest BCUT2D eigenvalue weighted by molar-refractivity contribution is 5.03. The van der Waals surface area contributed by atoms with Crippen LogP contribution in [0.25, 0.3) is 0 Å². The molecule has 0 amide bonds. The Morgan fingerprint density at radius 2 is 2.25 bits per heavy atom. The molecule has 1 heteroatoms. The van der Waals surface area contributed by atoms with E-state index in [0.29, 0.717) is 5.92 Å². The topological polar surface area (TPSA) is 9.23 Å². The molecule has 1 rings (SSSR count). The van der Waals surface area contributed by atoms with Crippen LogP contribution in [0.1, 0.15) is 13.3 Å². The first-order valence-electron chi connectivity index (χ1n) is 2.98. The third-order valence-electron chi connectivity index (χ3n) is 1.79. The van der Waals surface area contributed by atoms with E-state index in [0.717, 1.165) is 11.7 Å². The SMILES string of the molecule is C=C(OC)C1CC1C. The summed E-state index contributed by atoms with van der Waals surface area (Å²) in [4.78, 5) is 0. The van der Waals surface area contributed by atoms with Crippen molar-refractivity contribution in [2.45, 2.75) is 13.3 Å². The highest BCUT2D eigenvalue weighted by atomic mass is 16.5. The predicted octanol–water partition coefficient (Wildman–Crippen LogP) is 1.80. The Balaban J connectivity index is 2.28. The molecule has 0 bridgehead atoms. The summed E-state index contributed by atoms with van der Waals surface area (Å²) in [5.74, 6) is 2.44. The Morgan fingerprint density at radius 1 is 1.75 bits per heavy atom. The lowest BCUT2D eigenvalue weighted by molar-refractivity contribution is 0.269. The molecule has 1 saturated carbocycles. The van der Waals surface area contributed by atoms with Crippen molar-refractivity contribution in [3.8, 4) is 0 Å². The molecule has 1 nitrogen and oxygen atoms in total. The standard InChI is InChI=1S/C7H12O/c1-5-4-7(5)6(2)8-3/h5,7H,2,4H2,1,3H3. The van der Waals surface area contributed by atoms with E-state index >= 15 is 0 Å². The highest BCUT2D eigenvalue weighted by Gasteiger charge is 2.35. The minimum Gasteiger partial charge on any atom is -0.501 e. The molecule has 0 N–H and O–H groups in total. The first-order chi connectivity index (χ1) is 3.75. The van der Waals surface area contributed by atoms with Gasteiger partial charge in [-0.2, -0.15) is 0 Å². The van der Waals surface area contributed by atoms with Crippen molar-refractivity contribution in [1.82, 2.24) is 0 Å². The van der Waals surface area contributed by atoms with E-state index in [2.05, 4.69) is 13.5 Å². The van der Waals surface area contributed by atoms with Crippen molar-refractivity contribution in [2.75, 3.05) is 7.11 Å². The van der Waals surface area contributed by atoms with Crippen LogP contribution >= 0.6 is 0 Å². The van der Waals surface area contributed by atoms with E-state index in [-0.39, 0.29) is 0 Å². The summed E-state index contributed by atoms with van der Waals surface area (Å²) in [5, 5.41) is 0. The molecule has 2 unspecified atom stereocenters. The van der Waals surface area contributed by atoms with Crippen molar-refractivity contribution < 1.29 is 4.74 Å². The minimum atomic E-state index is 0.667. The second-order valence-electron chi connectivity index (χ2n) is 2.49. The number of hydrogen-bond acceptors (Lipinski definition) is 1. The maximum Gasteiger partial charge on any atom is 0.0917 e. The van der Waals surface area contributed by atoms with Crippen LogP contribution in [-0.2, 0) is 4.74 Å². The van der Waals surface area contributed by atoms with Crippen LogP contribution in [0.5, 0.6) is 0 Å².